The minimum atomic E-state index is -0.356. The average molecular weight is 378 g/mol. The van der Waals surface area contributed by atoms with Gasteiger partial charge in [0.05, 0.1) is 0 Å². The molecule has 5 nitrogen and oxygen atoms in total. The largest absolute Gasteiger partial charge is 0.355 e. The lowest BCUT2D eigenvalue weighted by Crippen LogP contribution is -2.34. The molecule has 2 aromatic carbocycles. The highest BCUT2D eigenvalue weighted by molar-refractivity contribution is 6.07. The van der Waals surface area contributed by atoms with Crippen molar-refractivity contribution >= 4 is 22.5 Å². The summed E-state index contributed by atoms with van der Waals surface area (Å²) in [5.74, 6) is 0.853. The van der Waals surface area contributed by atoms with Gasteiger partial charge < -0.3 is 10.2 Å². The lowest BCUT2D eigenvalue weighted by Gasteiger charge is -2.31. The van der Waals surface area contributed by atoms with Gasteiger partial charge in [-0.15, -0.1) is 10.2 Å². The van der Waals surface area contributed by atoms with Crippen molar-refractivity contribution in [1.82, 2.24) is 15.5 Å². The summed E-state index contributed by atoms with van der Waals surface area (Å²) in [4.78, 5) is 15.0. The molecule has 0 aliphatic carbocycles. The number of anilines is 1. The van der Waals surface area contributed by atoms with Crippen LogP contribution in [0.3, 0.4) is 0 Å². The molecule has 0 bridgehead atoms. The number of fused-ring (bicyclic) bond motifs is 1. The molecule has 6 heteroatoms. The quantitative estimate of drug-likeness (QED) is 0.747. The van der Waals surface area contributed by atoms with Crippen LogP contribution in [0, 0.1) is 11.7 Å². The van der Waals surface area contributed by atoms with Crippen molar-refractivity contribution in [1.29, 1.82) is 0 Å². The Labute approximate surface area is 163 Å². The number of nitrogens with zero attached hydrogens (tertiary/aromatic N) is 3. The zero-order chi connectivity index (χ0) is 19.5. The van der Waals surface area contributed by atoms with Gasteiger partial charge in [0.25, 0.3) is 5.91 Å². The number of benzene rings is 2. The molecule has 1 N–H and O–H groups in total. The summed E-state index contributed by atoms with van der Waals surface area (Å²) in [6.07, 6.45) is 2.25. The molecule has 3 aromatic rings. The normalized spacial score (nSPS) is 15.0. The van der Waals surface area contributed by atoms with Crippen LogP contribution in [-0.4, -0.2) is 29.2 Å². The fraction of sp³-hybridized carbons (Fsp3) is 0.318. The van der Waals surface area contributed by atoms with E-state index in [0.29, 0.717) is 5.56 Å². The van der Waals surface area contributed by atoms with E-state index in [4.69, 9.17) is 0 Å². The lowest BCUT2D eigenvalue weighted by molar-refractivity contribution is 0.0946. The number of amides is 1. The Bertz CT molecular complexity index is 999. The summed E-state index contributed by atoms with van der Waals surface area (Å²) >= 11 is 0. The highest BCUT2D eigenvalue weighted by Gasteiger charge is 2.22. The van der Waals surface area contributed by atoms with Crippen LogP contribution in [0.1, 0.15) is 35.8 Å². The molecule has 1 fully saturated rings. The van der Waals surface area contributed by atoms with Crippen LogP contribution in [0.25, 0.3) is 10.8 Å². The maximum Gasteiger partial charge on any atom is 0.272 e. The molecule has 0 spiro atoms. The molecular weight excluding hydrogens is 355 g/mol. The van der Waals surface area contributed by atoms with Crippen molar-refractivity contribution in [3.8, 4) is 0 Å². The highest BCUT2D eigenvalue weighted by atomic mass is 19.1. The van der Waals surface area contributed by atoms with Crippen LogP contribution in [0.5, 0.6) is 0 Å². The number of nitrogens with one attached hydrogen (secondary N) is 1. The van der Waals surface area contributed by atoms with E-state index in [0.717, 1.165) is 48.4 Å². The second-order valence-electron chi connectivity index (χ2n) is 7.36. The SMILES string of the molecule is CC1CCN(c2nnc(C(=O)NCc3ccccc3F)c3ccccc23)CC1. The first-order valence-corrected chi connectivity index (χ1v) is 9.65. The number of hydrogen-bond acceptors (Lipinski definition) is 4. The van der Waals surface area contributed by atoms with Crippen molar-refractivity contribution in [3.63, 3.8) is 0 Å². The van der Waals surface area contributed by atoms with E-state index >= 15 is 0 Å². The smallest absolute Gasteiger partial charge is 0.272 e. The number of piperidine rings is 1. The van der Waals surface area contributed by atoms with E-state index in [-0.39, 0.29) is 24.0 Å². The predicted octanol–water partition coefficient (Wildman–Crippen LogP) is 3.94. The molecule has 1 amide bonds. The lowest BCUT2D eigenvalue weighted by atomic mass is 9.99. The van der Waals surface area contributed by atoms with Crippen molar-refractivity contribution in [2.24, 2.45) is 5.92 Å². The van der Waals surface area contributed by atoms with Crippen LogP contribution in [0.2, 0.25) is 0 Å². The molecule has 1 aliphatic heterocycles. The molecule has 4 rings (SSSR count). The Kier molecular flexibility index (Phi) is 5.19. The standard InChI is InChI=1S/C22H23FN4O/c1-15-10-12-27(13-11-15)21-18-8-4-3-7-17(18)20(25-26-21)22(28)24-14-16-6-2-5-9-19(16)23/h2-9,15H,10-14H2,1H3,(H,24,28). The van der Waals surface area contributed by atoms with Gasteiger partial charge in [0.15, 0.2) is 11.5 Å². The molecule has 2 heterocycles. The predicted molar refractivity (Wildman–Crippen MR) is 108 cm³/mol. The topological polar surface area (TPSA) is 58.1 Å². The van der Waals surface area contributed by atoms with E-state index in [9.17, 15) is 9.18 Å². The van der Waals surface area contributed by atoms with Crippen molar-refractivity contribution in [3.05, 3.63) is 65.6 Å². The monoisotopic (exact) mass is 378 g/mol. The first-order valence-electron chi connectivity index (χ1n) is 9.65. The summed E-state index contributed by atoms with van der Waals surface area (Å²) in [5.41, 5.74) is 0.702. The number of rotatable bonds is 4. The third kappa shape index (κ3) is 3.67. The van der Waals surface area contributed by atoms with Crippen LogP contribution in [0.15, 0.2) is 48.5 Å². The average Bonchev–Trinajstić information content (AvgIpc) is 2.73. The zero-order valence-corrected chi connectivity index (χ0v) is 15.9. The maximum atomic E-state index is 13.8. The first-order chi connectivity index (χ1) is 13.6. The Hall–Kier alpha value is -3.02. The minimum absolute atomic E-state index is 0.104. The van der Waals surface area contributed by atoms with Gasteiger partial charge in [-0.2, -0.15) is 0 Å². The minimum Gasteiger partial charge on any atom is -0.355 e. The molecule has 28 heavy (non-hydrogen) atoms. The number of hydrogen-bond donors (Lipinski definition) is 1. The summed E-state index contributed by atoms with van der Waals surface area (Å²) in [7, 11) is 0. The van der Waals surface area contributed by atoms with E-state index in [2.05, 4.69) is 27.3 Å². The van der Waals surface area contributed by atoms with Crippen LogP contribution < -0.4 is 10.2 Å². The van der Waals surface area contributed by atoms with Gasteiger partial charge >= 0.3 is 0 Å². The van der Waals surface area contributed by atoms with Crippen molar-refractivity contribution < 1.29 is 9.18 Å². The van der Waals surface area contributed by atoms with Crippen molar-refractivity contribution in [2.75, 3.05) is 18.0 Å². The van der Waals surface area contributed by atoms with Gasteiger partial charge in [-0.25, -0.2) is 4.39 Å². The molecule has 0 radical (unpaired) electrons. The van der Waals surface area contributed by atoms with Crippen LogP contribution in [0.4, 0.5) is 10.2 Å². The van der Waals surface area contributed by atoms with Gasteiger partial charge in [-0.1, -0.05) is 49.4 Å². The Balaban J connectivity index is 1.60. The fourth-order valence-corrected chi connectivity index (χ4v) is 3.61. The van der Waals surface area contributed by atoms with Gasteiger partial charge in [-0.3, -0.25) is 4.79 Å². The molecule has 1 aliphatic rings. The Morgan fingerprint density at radius 2 is 1.75 bits per heavy atom. The van der Waals surface area contributed by atoms with Gasteiger partial charge in [0.2, 0.25) is 0 Å². The van der Waals surface area contributed by atoms with Crippen LogP contribution >= 0.6 is 0 Å². The number of aromatic nitrogens is 2. The summed E-state index contributed by atoms with van der Waals surface area (Å²) in [6, 6.07) is 14.1. The second kappa shape index (κ2) is 7.92. The van der Waals surface area contributed by atoms with E-state index in [1.807, 2.05) is 24.3 Å². The van der Waals surface area contributed by atoms with E-state index in [1.165, 1.54) is 6.07 Å². The summed E-state index contributed by atoms with van der Waals surface area (Å²) in [5, 5.41) is 13.1. The number of halogens is 1. The molecule has 0 saturated carbocycles. The number of carbonyl (C=O) groups excluding carboxylic acids is 1. The van der Waals surface area contributed by atoms with Crippen LogP contribution in [-0.2, 0) is 6.54 Å². The van der Waals surface area contributed by atoms with E-state index < -0.39 is 0 Å². The second-order valence-corrected chi connectivity index (χ2v) is 7.36. The Morgan fingerprint density at radius 1 is 1.07 bits per heavy atom. The molecular formula is C22H23FN4O. The van der Waals surface area contributed by atoms with E-state index in [1.54, 1.807) is 18.2 Å². The molecule has 0 unspecified atom stereocenters. The first kappa shape index (κ1) is 18.3. The fourth-order valence-electron chi connectivity index (χ4n) is 3.61. The summed E-state index contributed by atoms with van der Waals surface area (Å²) < 4.78 is 13.8. The number of carbonyl (C=O) groups is 1. The molecule has 1 aromatic heterocycles. The maximum absolute atomic E-state index is 13.8. The van der Waals surface area contributed by atoms with Gasteiger partial charge in [-0.05, 0) is 24.8 Å². The van der Waals surface area contributed by atoms with Gasteiger partial charge in [0, 0.05) is 36.0 Å². The van der Waals surface area contributed by atoms with Gasteiger partial charge in [0.1, 0.15) is 5.82 Å². The molecule has 144 valence electrons. The third-order valence-corrected chi connectivity index (χ3v) is 5.36. The summed E-state index contributed by atoms with van der Waals surface area (Å²) in [6.45, 7) is 4.26. The third-order valence-electron chi connectivity index (χ3n) is 5.36. The highest BCUT2D eigenvalue weighted by Crippen LogP contribution is 2.29. The van der Waals surface area contributed by atoms with Crippen molar-refractivity contribution in [2.45, 2.75) is 26.3 Å². The zero-order valence-electron chi connectivity index (χ0n) is 15.9. The molecule has 1 saturated heterocycles. The molecule has 0 atom stereocenters. The Morgan fingerprint density at radius 3 is 2.50 bits per heavy atom.